The topological polar surface area (TPSA) is 18.5 Å². The van der Waals surface area contributed by atoms with Crippen LogP contribution in [-0.2, 0) is 17.8 Å². The van der Waals surface area contributed by atoms with Gasteiger partial charge in [0.2, 0.25) is 5.79 Å². The molecule has 0 bridgehead atoms. The molecule has 0 spiro atoms. The fourth-order valence-electron chi connectivity index (χ4n) is 2.04. The van der Waals surface area contributed by atoms with Crippen LogP contribution in [0.4, 0.5) is 0 Å². The minimum atomic E-state index is -2.56. The number of aryl methyl sites for hydroxylation is 1. The molecule has 1 aromatic rings. The van der Waals surface area contributed by atoms with Crippen LogP contribution in [0.25, 0.3) is 0 Å². The molecule has 1 atom stereocenters. The quantitative estimate of drug-likeness (QED) is 0.549. The molecule has 1 heterocycles. The molecule has 0 saturated carbocycles. The highest BCUT2D eigenvalue weighted by Gasteiger charge is 2.36. The second kappa shape index (κ2) is 6.05. The number of hydrogen-bond acceptors (Lipinski definition) is 2. The summed E-state index contributed by atoms with van der Waals surface area (Å²) in [7, 11) is 0. The molecule has 0 fully saturated rings. The van der Waals surface area contributed by atoms with Crippen LogP contribution in [0.15, 0.2) is 18.2 Å². The Labute approximate surface area is 135 Å². The molecule has 20 heavy (non-hydrogen) atoms. The lowest BCUT2D eigenvalue weighted by Crippen LogP contribution is -2.43. The highest BCUT2D eigenvalue weighted by atomic mass is 35.8. The van der Waals surface area contributed by atoms with E-state index in [1.54, 1.807) is 0 Å². The summed E-state index contributed by atoms with van der Waals surface area (Å²) in [5.74, 6) is 0.618. The van der Waals surface area contributed by atoms with Crippen molar-refractivity contribution in [3.63, 3.8) is 0 Å². The van der Waals surface area contributed by atoms with Gasteiger partial charge in [-0.1, -0.05) is 19.9 Å². The summed E-state index contributed by atoms with van der Waals surface area (Å²) in [4.78, 5) is 0. The second-order valence-electron chi connectivity index (χ2n) is 5.62. The first-order chi connectivity index (χ1) is 9.20. The average Bonchev–Trinajstić information content (AvgIpc) is 2.35. The number of halogens is 3. The third kappa shape index (κ3) is 4.05. The molecule has 0 aliphatic carbocycles. The monoisotopic (exact) mass is 352 g/mol. The Morgan fingerprint density at radius 3 is 2.60 bits per heavy atom. The summed E-state index contributed by atoms with van der Waals surface area (Å²) in [5.41, 5.74) is 2.22. The first-order valence-corrected chi connectivity index (χ1v) is 12.0. The van der Waals surface area contributed by atoms with Gasteiger partial charge in [-0.25, -0.2) is 0 Å². The van der Waals surface area contributed by atoms with E-state index < -0.39 is 11.8 Å². The van der Waals surface area contributed by atoms with Gasteiger partial charge in [-0.3, -0.25) is 0 Å². The molecule has 0 saturated heterocycles. The first kappa shape index (κ1) is 16.4. The van der Waals surface area contributed by atoms with Crippen molar-refractivity contribution in [2.24, 2.45) is 5.92 Å². The van der Waals surface area contributed by atoms with Gasteiger partial charge in [-0.2, -0.15) is 0 Å². The molecule has 0 radical (unpaired) electrons. The van der Waals surface area contributed by atoms with Crippen LogP contribution in [0, 0.1) is 5.92 Å². The summed E-state index contributed by atoms with van der Waals surface area (Å²) in [6.07, 6.45) is 0.775. The number of hydrogen-bond donors (Lipinski definition) is 0. The molecular weight excluding hydrogens is 335 g/mol. The predicted molar refractivity (Wildman–Crippen MR) is 86.9 cm³/mol. The number of rotatable bonds is 4. The summed E-state index contributed by atoms with van der Waals surface area (Å²) in [6, 6.07) is 4.18. The van der Waals surface area contributed by atoms with Crippen molar-refractivity contribution in [3.8, 4) is 5.75 Å². The van der Waals surface area contributed by atoms with Gasteiger partial charge in [0.05, 0.1) is 6.61 Å². The maximum atomic E-state index is 5.99. The molecule has 0 N–H and O–H groups in total. The van der Waals surface area contributed by atoms with Crippen molar-refractivity contribution in [1.82, 2.24) is 0 Å². The van der Waals surface area contributed by atoms with Gasteiger partial charge in [0.1, 0.15) is 5.75 Å². The van der Waals surface area contributed by atoms with E-state index in [9.17, 15) is 0 Å². The Balaban J connectivity index is 2.11. The van der Waals surface area contributed by atoms with Crippen LogP contribution in [-0.4, -0.2) is 11.8 Å². The van der Waals surface area contributed by atoms with Gasteiger partial charge < -0.3 is 9.47 Å². The Morgan fingerprint density at radius 1 is 1.30 bits per heavy atom. The molecule has 1 aromatic carbocycles. The number of fused-ring (bicyclic) bond motifs is 1. The maximum absolute atomic E-state index is 5.99. The Kier molecular flexibility index (Phi) is 4.97. The van der Waals surface area contributed by atoms with Gasteiger partial charge in [-0.15, -0.1) is 33.2 Å². The van der Waals surface area contributed by atoms with E-state index in [1.165, 1.54) is 0 Å². The van der Waals surface area contributed by atoms with Crippen molar-refractivity contribution in [3.05, 3.63) is 29.3 Å². The van der Waals surface area contributed by atoms with Crippen LogP contribution in [0.5, 0.6) is 5.75 Å². The van der Waals surface area contributed by atoms with Gasteiger partial charge in [0.15, 0.2) is 0 Å². The average molecular weight is 354 g/mol. The Morgan fingerprint density at radius 2 is 2.00 bits per heavy atom. The van der Waals surface area contributed by atoms with Crippen LogP contribution in [0.2, 0.25) is 6.04 Å². The van der Waals surface area contributed by atoms with E-state index in [2.05, 4.69) is 19.9 Å². The first-order valence-electron chi connectivity index (χ1n) is 6.71. The summed E-state index contributed by atoms with van der Waals surface area (Å²) in [5, 5.41) is 0. The minimum absolute atomic E-state index is 0.283. The highest BCUT2D eigenvalue weighted by Crippen LogP contribution is 2.36. The van der Waals surface area contributed by atoms with Crippen molar-refractivity contribution in [2.75, 3.05) is 0 Å². The van der Waals surface area contributed by atoms with Crippen molar-refractivity contribution in [2.45, 2.75) is 45.6 Å². The largest absolute Gasteiger partial charge is 0.462 e. The van der Waals surface area contributed by atoms with Crippen molar-refractivity contribution < 1.29 is 9.47 Å². The van der Waals surface area contributed by atoms with Crippen LogP contribution in [0.1, 0.15) is 31.9 Å². The summed E-state index contributed by atoms with van der Waals surface area (Å²) < 4.78 is 11.9. The van der Waals surface area contributed by atoms with Gasteiger partial charge in [-0.05, 0) is 30.2 Å². The van der Waals surface area contributed by atoms with E-state index in [0.29, 0.717) is 12.7 Å². The summed E-state index contributed by atoms with van der Waals surface area (Å²) in [6.45, 7) is 6.71. The van der Waals surface area contributed by atoms with Gasteiger partial charge in [0, 0.05) is 18.4 Å². The third-order valence-corrected chi connectivity index (χ3v) is 6.22. The van der Waals surface area contributed by atoms with Gasteiger partial charge >= 0.3 is 6.00 Å². The van der Waals surface area contributed by atoms with Crippen LogP contribution >= 0.6 is 33.2 Å². The Hall–Kier alpha value is 0.0669. The van der Waals surface area contributed by atoms with E-state index in [4.69, 9.17) is 42.7 Å². The molecule has 0 aromatic heterocycles. The Bertz CT molecular complexity index is 488. The zero-order chi connectivity index (χ0) is 15.0. The lowest BCUT2D eigenvalue weighted by atomic mass is 10.0. The fourth-order valence-corrected chi connectivity index (χ4v) is 3.46. The molecule has 1 aliphatic rings. The van der Waals surface area contributed by atoms with Crippen LogP contribution < -0.4 is 4.74 Å². The second-order valence-corrected chi connectivity index (χ2v) is 14.9. The summed E-state index contributed by atoms with van der Waals surface area (Å²) >= 11 is 17.8. The van der Waals surface area contributed by atoms with Crippen LogP contribution in [0.3, 0.4) is 0 Å². The smallest absolute Gasteiger partial charge is 0.341 e. The molecular formula is C14H19Cl3O2Si. The molecule has 1 aliphatic heterocycles. The normalized spacial score (nSPS) is 22.6. The van der Waals surface area contributed by atoms with E-state index in [0.717, 1.165) is 23.3 Å². The molecule has 2 nitrogen and oxygen atoms in total. The predicted octanol–water partition coefficient (Wildman–Crippen LogP) is 5.17. The van der Waals surface area contributed by atoms with E-state index >= 15 is 0 Å². The fraction of sp³-hybridized carbons (Fsp3) is 0.571. The van der Waals surface area contributed by atoms with E-state index in [-0.39, 0.29) is 5.92 Å². The standard InChI is InChI=1S/C14H19Cl3O2Si/c1-10(2)14(3)18-9-12-8-11(4-5-13(12)19-14)6-7-20(15,16)17/h4-5,8,10H,6-7,9H2,1-3H3. The molecule has 1 unspecified atom stereocenters. The van der Waals surface area contributed by atoms with E-state index in [1.807, 2.05) is 19.1 Å². The lowest BCUT2D eigenvalue weighted by molar-refractivity contribution is -0.219. The van der Waals surface area contributed by atoms with Crippen molar-refractivity contribution in [1.29, 1.82) is 0 Å². The number of benzene rings is 1. The molecule has 6 heteroatoms. The van der Waals surface area contributed by atoms with Gasteiger partial charge in [0.25, 0.3) is 0 Å². The zero-order valence-electron chi connectivity index (χ0n) is 11.9. The van der Waals surface area contributed by atoms with Crippen molar-refractivity contribution >= 4 is 39.2 Å². The highest BCUT2D eigenvalue weighted by molar-refractivity contribution is 7.64. The molecule has 2 rings (SSSR count). The number of ether oxygens (including phenoxy) is 2. The third-order valence-electron chi connectivity index (χ3n) is 3.70. The maximum Gasteiger partial charge on any atom is 0.341 e. The SMILES string of the molecule is CC(C)C1(C)OCc2cc(CC[Si](Cl)(Cl)Cl)ccc2O1. The lowest BCUT2D eigenvalue weighted by Gasteiger charge is -2.38. The zero-order valence-corrected chi connectivity index (χ0v) is 15.1. The molecule has 0 amide bonds. The minimum Gasteiger partial charge on any atom is -0.462 e. The molecule has 112 valence electrons.